The Labute approximate surface area is 119 Å². The van der Waals surface area contributed by atoms with Gasteiger partial charge in [-0.25, -0.2) is 4.79 Å². The fourth-order valence-corrected chi connectivity index (χ4v) is 2.87. The minimum Gasteiger partial charge on any atom is -0.465 e. The molecule has 20 heavy (non-hydrogen) atoms. The highest BCUT2D eigenvalue weighted by atomic mass is 16.5. The van der Waals surface area contributed by atoms with Gasteiger partial charge in [-0.15, -0.1) is 0 Å². The fourth-order valence-electron chi connectivity index (χ4n) is 2.87. The number of carboxylic acid groups (broad SMARTS) is 1. The third-order valence-corrected chi connectivity index (χ3v) is 3.91. The van der Waals surface area contributed by atoms with E-state index in [1.807, 2.05) is 18.2 Å². The van der Waals surface area contributed by atoms with Crippen molar-refractivity contribution in [3.8, 4) is 0 Å². The monoisotopic (exact) mass is 278 g/mol. The summed E-state index contributed by atoms with van der Waals surface area (Å²) in [6, 6.07) is 10.2. The number of likely N-dealkylation sites (N-methyl/N-ethyl adjacent to an activating group) is 1. The summed E-state index contributed by atoms with van der Waals surface area (Å²) in [4.78, 5) is 14.9. The second kappa shape index (κ2) is 6.72. The van der Waals surface area contributed by atoms with Crippen molar-refractivity contribution in [2.24, 2.45) is 5.92 Å². The minimum atomic E-state index is -0.877. The molecule has 5 nitrogen and oxygen atoms in total. The average Bonchev–Trinajstić information content (AvgIpc) is 2.82. The lowest BCUT2D eigenvalue weighted by molar-refractivity contribution is 0.0992. The maximum absolute atomic E-state index is 11.2. The summed E-state index contributed by atoms with van der Waals surface area (Å²) in [7, 11) is 3.30. The number of amides is 1. The lowest BCUT2D eigenvalue weighted by Gasteiger charge is -2.26. The van der Waals surface area contributed by atoms with Gasteiger partial charge in [0.15, 0.2) is 0 Å². The molecular formula is C15H22N2O3. The summed E-state index contributed by atoms with van der Waals surface area (Å²) in [6.07, 6.45) is -0.877. The Morgan fingerprint density at radius 3 is 2.70 bits per heavy atom. The highest BCUT2D eigenvalue weighted by molar-refractivity contribution is 5.65. The molecule has 1 aliphatic heterocycles. The molecule has 1 heterocycles. The summed E-state index contributed by atoms with van der Waals surface area (Å²) in [5.74, 6) is 0.227. The van der Waals surface area contributed by atoms with Crippen LogP contribution >= 0.6 is 0 Å². The molecule has 0 radical (unpaired) electrons. The van der Waals surface area contributed by atoms with E-state index in [2.05, 4.69) is 17.0 Å². The van der Waals surface area contributed by atoms with E-state index in [4.69, 9.17) is 4.74 Å². The zero-order valence-electron chi connectivity index (χ0n) is 12.0. The Balaban J connectivity index is 2.02. The van der Waals surface area contributed by atoms with Crippen LogP contribution in [0.3, 0.4) is 0 Å². The first kappa shape index (κ1) is 14.8. The minimum absolute atomic E-state index is 0.00355. The molecule has 1 aromatic carbocycles. The molecule has 2 rings (SSSR count). The fraction of sp³-hybridized carbons (Fsp3) is 0.533. The van der Waals surface area contributed by atoms with Crippen LogP contribution in [-0.4, -0.2) is 60.9 Å². The zero-order valence-corrected chi connectivity index (χ0v) is 12.0. The molecule has 0 bridgehead atoms. The maximum Gasteiger partial charge on any atom is 0.407 e. The van der Waals surface area contributed by atoms with Gasteiger partial charge in [0.25, 0.3) is 0 Å². The molecule has 1 aromatic rings. The van der Waals surface area contributed by atoms with Crippen LogP contribution in [0.15, 0.2) is 30.3 Å². The van der Waals surface area contributed by atoms with E-state index < -0.39 is 6.09 Å². The highest BCUT2D eigenvalue weighted by Crippen LogP contribution is 2.23. The summed E-state index contributed by atoms with van der Waals surface area (Å²) in [5, 5.41) is 9.17. The van der Waals surface area contributed by atoms with Crippen LogP contribution in [-0.2, 0) is 11.3 Å². The Morgan fingerprint density at radius 2 is 2.10 bits per heavy atom. The van der Waals surface area contributed by atoms with Crippen molar-refractivity contribution in [1.29, 1.82) is 0 Å². The molecular weight excluding hydrogens is 256 g/mol. The number of benzene rings is 1. The number of likely N-dealkylation sites (tertiary alicyclic amines) is 1. The van der Waals surface area contributed by atoms with Crippen LogP contribution in [0.4, 0.5) is 4.79 Å². The van der Waals surface area contributed by atoms with Gasteiger partial charge in [0, 0.05) is 39.7 Å². The largest absolute Gasteiger partial charge is 0.465 e. The van der Waals surface area contributed by atoms with Crippen LogP contribution in [0.25, 0.3) is 0 Å². The second-order valence-corrected chi connectivity index (χ2v) is 5.36. The van der Waals surface area contributed by atoms with Crippen LogP contribution in [0.2, 0.25) is 0 Å². The highest BCUT2D eigenvalue weighted by Gasteiger charge is 2.36. The van der Waals surface area contributed by atoms with Crippen molar-refractivity contribution in [1.82, 2.24) is 9.80 Å². The molecule has 5 heteroatoms. The third kappa shape index (κ3) is 3.49. The van der Waals surface area contributed by atoms with Gasteiger partial charge in [0.1, 0.15) is 0 Å². The Kier molecular flexibility index (Phi) is 4.98. The molecule has 2 atom stereocenters. The topological polar surface area (TPSA) is 53.0 Å². The van der Waals surface area contributed by atoms with Gasteiger partial charge in [0.2, 0.25) is 0 Å². The number of rotatable bonds is 5. The normalized spacial score (nSPS) is 22.9. The first-order chi connectivity index (χ1) is 9.61. The van der Waals surface area contributed by atoms with Crippen molar-refractivity contribution >= 4 is 6.09 Å². The number of methoxy groups -OCH3 is 1. The molecule has 0 aliphatic carbocycles. The smallest absolute Gasteiger partial charge is 0.407 e. The van der Waals surface area contributed by atoms with Gasteiger partial charge >= 0.3 is 6.09 Å². The van der Waals surface area contributed by atoms with Gasteiger partial charge in [-0.1, -0.05) is 30.3 Å². The second-order valence-electron chi connectivity index (χ2n) is 5.36. The molecule has 110 valence electrons. The predicted octanol–water partition coefficient (Wildman–Crippen LogP) is 1.74. The summed E-state index contributed by atoms with van der Waals surface area (Å²) >= 11 is 0. The third-order valence-electron chi connectivity index (χ3n) is 3.91. The molecule has 1 aliphatic rings. The summed E-state index contributed by atoms with van der Waals surface area (Å²) in [6.45, 7) is 3.06. The number of hydrogen-bond donors (Lipinski definition) is 1. The van der Waals surface area contributed by atoms with Gasteiger partial charge in [0.05, 0.1) is 12.6 Å². The van der Waals surface area contributed by atoms with E-state index in [-0.39, 0.29) is 12.0 Å². The van der Waals surface area contributed by atoms with Crippen molar-refractivity contribution in [2.45, 2.75) is 12.6 Å². The Morgan fingerprint density at radius 1 is 1.40 bits per heavy atom. The van der Waals surface area contributed by atoms with E-state index in [0.717, 1.165) is 19.6 Å². The standard InChI is InChI=1S/C15H22N2O3/c1-16(15(18)19)14-10-17(9-13(14)11-20-2)8-12-6-4-3-5-7-12/h3-7,13-14H,8-11H2,1-2H3,(H,18,19). The molecule has 2 unspecified atom stereocenters. The molecule has 1 saturated heterocycles. The van der Waals surface area contributed by atoms with Gasteiger partial charge in [-0.3, -0.25) is 4.90 Å². The summed E-state index contributed by atoms with van der Waals surface area (Å²) < 4.78 is 5.24. The average molecular weight is 278 g/mol. The zero-order chi connectivity index (χ0) is 14.5. The Bertz CT molecular complexity index is 438. The quantitative estimate of drug-likeness (QED) is 0.891. The first-order valence-electron chi connectivity index (χ1n) is 6.82. The van der Waals surface area contributed by atoms with Gasteiger partial charge in [-0.2, -0.15) is 0 Å². The van der Waals surface area contributed by atoms with Gasteiger partial charge in [-0.05, 0) is 5.56 Å². The predicted molar refractivity (Wildman–Crippen MR) is 76.7 cm³/mol. The van der Waals surface area contributed by atoms with Crippen molar-refractivity contribution < 1.29 is 14.6 Å². The Hall–Kier alpha value is -1.59. The van der Waals surface area contributed by atoms with E-state index in [0.29, 0.717) is 6.61 Å². The van der Waals surface area contributed by atoms with Crippen molar-refractivity contribution in [2.75, 3.05) is 33.9 Å². The molecule has 1 N–H and O–H groups in total. The molecule has 1 fully saturated rings. The number of nitrogens with zero attached hydrogens (tertiary/aromatic N) is 2. The van der Waals surface area contributed by atoms with E-state index in [1.54, 1.807) is 14.2 Å². The number of hydrogen-bond acceptors (Lipinski definition) is 3. The van der Waals surface area contributed by atoms with Crippen LogP contribution in [0, 0.1) is 5.92 Å². The van der Waals surface area contributed by atoms with Crippen molar-refractivity contribution in [3.05, 3.63) is 35.9 Å². The molecule has 0 spiro atoms. The number of carbonyl (C=O) groups is 1. The van der Waals surface area contributed by atoms with Crippen LogP contribution in [0.1, 0.15) is 5.56 Å². The lowest BCUT2D eigenvalue weighted by atomic mass is 10.0. The SMILES string of the molecule is COCC1CN(Cc2ccccc2)CC1N(C)C(=O)O. The van der Waals surface area contributed by atoms with E-state index in [9.17, 15) is 9.90 Å². The van der Waals surface area contributed by atoms with Gasteiger partial charge < -0.3 is 14.7 Å². The van der Waals surface area contributed by atoms with Crippen LogP contribution < -0.4 is 0 Å². The van der Waals surface area contributed by atoms with Crippen molar-refractivity contribution in [3.63, 3.8) is 0 Å². The maximum atomic E-state index is 11.2. The molecule has 0 aromatic heterocycles. The van der Waals surface area contributed by atoms with E-state index >= 15 is 0 Å². The van der Waals surface area contributed by atoms with Crippen LogP contribution in [0.5, 0.6) is 0 Å². The summed E-state index contributed by atoms with van der Waals surface area (Å²) in [5.41, 5.74) is 1.25. The first-order valence-corrected chi connectivity index (χ1v) is 6.82. The van der Waals surface area contributed by atoms with E-state index in [1.165, 1.54) is 10.5 Å². The lowest BCUT2D eigenvalue weighted by Crippen LogP contribution is -2.42. The molecule has 1 amide bonds. The molecule has 0 saturated carbocycles. The number of ether oxygens (including phenoxy) is 1.